The highest BCUT2D eigenvalue weighted by molar-refractivity contribution is 8.07. The van der Waals surface area contributed by atoms with Gasteiger partial charge in [0.2, 0.25) is 0 Å². The fourth-order valence-corrected chi connectivity index (χ4v) is 5.23. The molecule has 2 rings (SSSR count). The molecule has 1 saturated heterocycles. The summed E-state index contributed by atoms with van der Waals surface area (Å²) in [4.78, 5) is 16.8. The molecule has 0 spiro atoms. The summed E-state index contributed by atoms with van der Waals surface area (Å²) in [6, 6.07) is 1.82. The van der Waals surface area contributed by atoms with E-state index in [1.165, 1.54) is 0 Å². The lowest BCUT2D eigenvalue weighted by Gasteiger charge is -2.28. The van der Waals surface area contributed by atoms with Crippen molar-refractivity contribution in [3.05, 3.63) is 24.0 Å². The van der Waals surface area contributed by atoms with Gasteiger partial charge in [-0.15, -0.1) is 11.8 Å². The maximum Gasteiger partial charge on any atom is 0.178 e. The van der Waals surface area contributed by atoms with Gasteiger partial charge in [0.25, 0.3) is 0 Å². The minimum absolute atomic E-state index is 0.0508. The summed E-state index contributed by atoms with van der Waals surface area (Å²) in [6.07, 6.45) is 4.44. The summed E-state index contributed by atoms with van der Waals surface area (Å²) in [5.74, 6) is 3.05. The van der Waals surface area contributed by atoms with E-state index < -0.39 is 0 Å². The molecule has 0 aromatic carbocycles. The largest absolute Gasteiger partial charge is 0.489 e. The second-order valence-corrected chi connectivity index (χ2v) is 7.65. The number of aromatic nitrogens is 1. The number of carbonyl (C=O) groups is 1. The fraction of sp³-hybridized carbons (Fsp3) is 0.600. The summed E-state index contributed by atoms with van der Waals surface area (Å²) in [7, 11) is 0. The van der Waals surface area contributed by atoms with Crippen LogP contribution in [0, 0.1) is 0 Å². The summed E-state index contributed by atoms with van der Waals surface area (Å²) in [5.41, 5.74) is 0.668. The second-order valence-electron chi connectivity index (χ2n) is 5.05. The lowest BCUT2D eigenvalue weighted by molar-refractivity contribution is 0.0986. The summed E-state index contributed by atoms with van der Waals surface area (Å²) < 4.78 is 5.62. The molecular weight excluding hydrogens is 290 g/mol. The molecule has 1 fully saturated rings. The van der Waals surface area contributed by atoms with E-state index in [1.54, 1.807) is 24.2 Å². The molecule has 2 heterocycles. The van der Waals surface area contributed by atoms with Crippen molar-refractivity contribution >= 4 is 29.3 Å². The molecule has 0 amide bonds. The quantitative estimate of drug-likeness (QED) is 0.776. The van der Waals surface area contributed by atoms with E-state index in [2.05, 4.69) is 11.9 Å². The van der Waals surface area contributed by atoms with Crippen molar-refractivity contribution in [3.8, 4) is 5.75 Å². The van der Waals surface area contributed by atoms with Crippen LogP contribution in [0.4, 0.5) is 0 Å². The molecule has 1 aliphatic rings. The van der Waals surface area contributed by atoms with Gasteiger partial charge in [0.05, 0.1) is 17.6 Å². The van der Waals surface area contributed by atoms with Crippen molar-refractivity contribution in [2.24, 2.45) is 0 Å². The Labute approximate surface area is 129 Å². The first-order valence-electron chi connectivity index (χ1n) is 7.01. The van der Waals surface area contributed by atoms with Crippen molar-refractivity contribution < 1.29 is 9.53 Å². The molecule has 1 aromatic heterocycles. The number of nitrogens with zero attached hydrogens (tertiary/aromatic N) is 1. The van der Waals surface area contributed by atoms with Crippen LogP contribution in [0.2, 0.25) is 0 Å². The third-order valence-corrected chi connectivity index (χ3v) is 6.33. The number of carbonyl (C=O) groups excluding carboxylic acids is 1. The first-order chi connectivity index (χ1) is 9.61. The Balaban J connectivity index is 2.15. The Morgan fingerprint density at radius 3 is 2.85 bits per heavy atom. The summed E-state index contributed by atoms with van der Waals surface area (Å²) >= 11 is 3.70. The van der Waals surface area contributed by atoms with E-state index in [1.807, 2.05) is 31.7 Å². The Morgan fingerprint density at radius 1 is 1.40 bits per heavy atom. The van der Waals surface area contributed by atoms with Crippen molar-refractivity contribution in [1.29, 1.82) is 0 Å². The molecule has 20 heavy (non-hydrogen) atoms. The number of thioether (sulfide) groups is 2. The molecule has 0 saturated carbocycles. The molecule has 0 bridgehead atoms. The third-order valence-electron chi connectivity index (χ3n) is 3.08. The molecular formula is C15H21NO2S2. The average Bonchev–Trinajstić information content (AvgIpc) is 2.46. The average molecular weight is 311 g/mol. The lowest BCUT2D eigenvalue weighted by Crippen LogP contribution is -2.32. The highest BCUT2D eigenvalue weighted by Crippen LogP contribution is 2.35. The van der Waals surface area contributed by atoms with Gasteiger partial charge in [0.1, 0.15) is 5.75 Å². The van der Waals surface area contributed by atoms with Crippen molar-refractivity contribution in [2.45, 2.75) is 43.8 Å². The van der Waals surface area contributed by atoms with Crippen LogP contribution in [-0.4, -0.2) is 38.9 Å². The minimum atomic E-state index is 0.0508. The number of ether oxygens (including phenoxy) is 1. The smallest absolute Gasteiger partial charge is 0.178 e. The van der Waals surface area contributed by atoms with E-state index in [-0.39, 0.29) is 17.1 Å². The molecule has 0 radical (unpaired) electrons. The maximum atomic E-state index is 12.7. The SMILES string of the molecule is CCC1SCCSC1C(=O)c1cncc(OC(C)C)c1. The Bertz CT molecular complexity index is 465. The Hall–Kier alpha value is -0.680. The maximum absolute atomic E-state index is 12.7. The van der Waals surface area contributed by atoms with Gasteiger partial charge in [0, 0.05) is 28.5 Å². The number of hydrogen-bond acceptors (Lipinski definition) is 5. The minimum Gasteiger partial charge on any atom is -0.489 e. The number of rotatable bonds is 5. The van der Waals surface area contributed by atoms with Gasteiger partial charge < -0.3 is 4.74 Å². The standard InChI is InChI=1S/C15H21NO2S2/c1-4-13-15(20-6-5-19-13)14(17)11-7-12(9-16-8-11)18-10(2)3/h7-10,13,15H,4-6H2,1-3H3. The van der Waals surface area contributed by atoms with Crippen LogP contribution < -0.4 is 4.74 Å². The van der Waals surface area contributed by atoms with Gasteiger partial charge >= 0.3 is 0 Å². The molecule has 2 atom stereocenters. The van der Waals surface area contributed by atoms with E-state index in [0.717, 1.165) is 17.9 Å². The number of hydrogen-bond donors (Lipinski definition) is 0. The van der Waals surface area contributed by atoms with Crippen LogP contribution in [0.1, 0.15) is 37.6 Å². The molecule has 2 unspecified atom stereocenters. The van der Waals surface area contributed by atoms with Crippen LogP contribution in [0.5, 0.6) is 5.75 Å². The highest BCUT2D eigenvalue weighted by atomic mass is 32.2. The van der Waals surface area contributed by atoms with Gasteiger partial charge in [-0.05, 0) is 26.3 Å². The predicted octanol–water partition coefficient (Wildman–Crippen LogP) is 3.68. The third kappa shape index (κ3) is 3.92. The molecule has 0 aliphatic carbocycles. The van der Waals surface area contributed by atoms with Gasteiger partial charge in [-0.1, -0.05) is 6.92 Å². The molecule has 1 aromatic rings. The zero-order chi connectivity index (χ0) is 14.5. The van der Waals surface area contributed by atoms with E-state index in [0.29, 0.717) is 16.6 Å². The monoisotopic (exact) mass is 311 g/mol. The van der Waals surface area contributed by atoms with Crippen LogP contribution in [0.15, 0.2) is 18.5 Å². The van der Waals surface area contributed by atoms with E-state index in [9.17, 15) is 4.79 Å². The lowest BCUT2D eigenvalue weighted by atomic mass is 10.1. The van der Waals surface area contributed by atoms with Crippen LogP contribution in [0.3, 0.4) is 0 Å². The normalized spacial score (nSPS) is 22.8. The van der Waals surface area contributed by atoms with Crippen LogP contribution in [0.25, 0.3) is 0 Å². The van der Waals surface area contributed by atoms with Gasteiger partial charge in [-0.25, -0.2) is 0 Å². The molecule has 3 nitrogen and oxygen atoms in total. The second kappa shape index (κ2) is 7.36. The molecule has 110 valence electrons. The zero-order valence-corrected chi connectivity index (χ0v) is 13.8. The van der Waals surface area contributed by atoms with Crippen LogP contribution >= 0.6 is 23.5 Å². The summed E-state index contributed by atoms with van der Waals surface area (Å²) in [5, 5.41) is 0.464. The van der Waals surface area contributed by atoms with Crippen LogP contribution in [-0.2, 0) is 0 Å². The van der Waals surface area contributed by atoms with Gasteiger partial charge in [0.15, 0.2) is 5.78 Å². The first kappa shape index (κ1) is 15.7. The topological polar surface area (TPSA) is 39.2 Å². The van der Waals surface area contributed by atoms with Crippen molar-refractivity contribution in [1.82, 2.24) is 4.98 Å². The van der Waals surface area contributed by atoms with Crippen molar-refractivity contribution in [3.63, 3.8) is 0 Å². The predicted molar refractivity (Wildman–Crippen MR) is 87.1 cm³/mol. The Kier molecular flexibility index (Phi) is 5.78. The van der Waals surface area contributed by atoms with E-state index in [4.69, 9.17) is 4.74 Å². The molecule has 0 N–H and O–H groups in total. The zero-order valence-electron chi connectivity index (χ0n) is 12.2. The Morgan fingerprint density at radius 2 is 2.15 bits per heavy atom. The van der Waals surface area contributed by atoms with E-state index >= 15 is 0 Å². The highest BCUT2D eigenvalue weighted by Gasteiger charge is 2.31. The van der Waals surface area contributed by atoms with Gasteiger partial charge in [-0.3, -0.25) is 9.78 Å². The molecule has 1 aliphatic heterocycles. The number of pyridine rings is 1. The fourth-order valence-electron chi connectivity index (χ4n) is 2.20. The number of ketones is 1. The molecule has 5 heteroatoms. The number of Topliss-reactive ketones (excluding diaryl/α,β-unsaturated/α-hetero) is 1. The van der Waals surface area contributed by atoms with Crippen molar-refractivity contribution in [2.75, 3.05) is 11.5 Å². The summed E-state index contributed by atoms with van der Waals surface area (Å²) in [6.45, 7) is 6.09. The first-order valence-corrected chi connectivity index (χ1v) is 9.10. The van der Waals surface area contributed by atoms with Gasteiger partial charge in [-0.2, -0.15) is 11.8 Å².